The number of hydrogen-bond acceptors (Lipinski definition) is 6. The Hall–Kier alpha value is -1.78. The fourth-order valence-corrected chi connectivity index (χ4v) is 3.34. The lowest BCUT2D eigenvalue weighted by atomic mass is 10.1. The summed E-state index contributed by atoms with van der Waals surface area (Å²) in [5, 5.41) is 36.5. The van der Waals surface area contributed by atoms with E-state index in [0.717, 1.165) is 38.3 Å². The average molecular weight is 449 g/mol. The summed E-state index contributed by atoms with van der Waals surface area (Å²) in [6.07, 6.45) is -3.29. The number of carboxylic acid groups (broad SMARTS) is 2. The Kier molecular flexibility index (Phi) is 11.2. The van der Waals surface area contributed by atoms with Crippen molar-refractivity contribution < 1.29 is 34.4 Å². The fraction of sp³-hybridized carbons (Fsp3) is 0.600. The fourth-order valence-electron chi connectivity index (χ4n) is 3.12. The molecule has 5 N–H and O–H groups in total. The van der Waals surface area contributed by atoms with Crippen molar-refractivity contribution in [3.05, 3.63) is 34.6 Å². The molecular formula is C20H30ClFN2O6. The molecule has 1 aromatic rings. The Morgan fingerprint density at radius 1 is 1.23 bits per heavy atom. The zero-order valence-corrected chi connectivity index (χ0v) is 17.8. The highest BCUT2D eigenvalue weighted by Crippen LogP contribution is 2.21. The van der Waals surface area contributed by atoms with Gasteiger partial charge in [-0.05, 0) is 49.0 Å². The van der Waals surface area contributed by atoms with Crippen LogP contribution in [-0.2, 0) is 16.1 Å². The molecule has 1 aromatic carbocycles. The second-order valence-corrected chi connectivity index (χ2v) is 8.16. The van der Waals surface area contributed by atoms with Crippen LogP contribution in [0, 0.1) is 17.7 Å². The van der Waals surface area contributed by atoms with E-state index in [-0.39, 0.29) is 5.82 Å². The van der Waals surface area contributed by atoms with E-state index < -0.39 is 24.1 Å². The first-order valence-corrected chi connectivity index (χ1v) is 10.1. The topological polar surface area (TPSA) is 130 Å². The molecule has 1 saturated heterocycles. The van der Waals surface area contributed by atoms with E-state index in [4.69, 9.17) is 32.0 Å². The Balaban J connectivity index is 0.000000382. The predicted molar refractivity (Wildman–Crippen MR) is 110 cm³/mol. The molecule has 0 spiro atoms. The summed E-state index contributed by atoms with van der Waals surface area (Å²) in [4.78, 5) is 22.0. The van der Waals surface area contributed by atoms with Gasteiger partial charge in [0.1, 0.15) is 5.82 Å². The molecule has 2 unspecified atom stereocenters. The molecule has 8 nitrogen and oxygen atoms in total. The first-order chi connectivity index (χ1) is 14.0. The third-order valence-electron chi connectivity index (χ3n) is 4.52. The maximum absolute atomic E-state index is 13.1. The number of nitrogens with one attached hydrogen (secondary N) is 1. The van der Waals surface area contributed by atoms with Crippen LogP contribution in [0.2, 0.25) is 5.02 Å². The minimum absolute atomic E-state index is 0.269. The lowest BCUT2D eigenvalue weighted by Crippen LogP contribution is -2.39. The van der Waals surface area contributed by atoms with Gasteiger partial charge in [-0.15, -0.1) is 0 Å². The normalized spacial score (nSPS) is 18.1. The van der Waals surface area contributed by atoms with Crippen molar-refractivity contribution in [3.63, 3.8) is 0 Å². The van der Waals surface area contributed by atoms with E-state index >= 15 is 0 Å². The van der Waals surface area contributed by atoms with Crippen LogP contribution in [-0.4, -0.2) is 75.7 Å². The van der Waals surface area contributed by atoms with Gasteiger partial charge in [0, 0.05) is 24.7 Å². The number of halogens is 2. The number of hydrogen-bond donors (Lipinski definition) is 5. The minimum atomic E-state index is -2.27. The van der Waals surface area contributed by atoms with Crippen molar-refractivity contribution in [1.82, 2.24) is 10.2 Å². The molecule has 3 atom stereocenters. The van der Waals surface area contributed by atoms with Gasteiger partial charge in [-0.3, -0.25) is 4.90 Å². The maximum Gasteiger partial charge on any atom is 0.335 e. The van der Waals surface area contributed by atoms with Crippen LogP contribution in [0.3, 0.4) is 0 Å². The largest absolute Gasteiger partial charge is 0.479 e. The monoisotopic (exact) mass is 448 g/mol. The lowest BCUT2D eigenvalue weighted by molar-refractivity contribution is -0.165. The number of rotatable bonds is 9. The molecule has 10 heteroatoms. The van der Waals surface area contributed by atoms with Crippen molar-refractivity contribution in [3.8, 4) is 0 Å². The van der Waals surface area contributed by atoms with Gasteiger partial charge in [0.05, 0.1) is 0 Å². The number of aliphatic carboxylic acids is 2. The van der Waals surface area contributed by atoms with E-state index in [1.807, 2.05) is 0 Å². The molecule has 1 heterocycles. The van der Waals surface area contributed by atoms with Crippen molar-refractivity contribution in [2.45, 2.75) is 39.0 Å². The summed E-state index contributed by atoms with van der Waals surface area (Å²) in [6, 6.07) is 4.70. The molecule has 0 aliphatic carbocycles. The summed E-state index contributed by atoms with van der Waals surface area (Å²) < 4.78 is 13.1. The Bertz CT molecular complexity index is 682. The van der Waals surface area contributed by atoms with Gasteiger partial charge in [-0.1, -0.05) is 31.5 Å². The highest BCUT2D eigenvalue weighted by molar-refractivity contribution is 6.31. The Morgan fingerprint density at radius 3 is 2.27 bits per heavy atom. The van der Waals surface area contributed by atoms with E-state index in [2.05, 4.69) is 24.1 Å². The van der Waals surface area contributed by atoms with Crippen molar-refractivity contribution >= 4 is 23.5 Å². The lowest BCUT2D eigenvalue weighted by Gasteiger charge is -2.27. The number of benzene rings is 1. The smallest absolute Gasteiger partial charge is 0.335 e. The van der Waals surface area contributed by atoms with Crippen molar-refractivity contribution in [2.24, 2.45) is 11.8 Å². The van der Waals surface area contributed by atoms with Crippen LogP contribution in [0.5, 0.6) is 0 Å². The molecular weight excluding hydrogens is 419 g/mol. The highest BCUT2D eigenvalue weighted by atomic mass is 35.5. The van der Waals surface area contributed by atoms with Gasteiger partial charge in [-0.25, -0.2) is 14.0 Å². The summed E-state index contributed by atoms with van der Waals surface area (Å²) >= 11 is 6.15. The molecule has 0 aromatic heterocycles. The Morgan fingerprint density at radius 2 is 1.83 bits per heavy atom. The van der Waals surface area contributed by atoms with Crippen LogP contribution in [0.1, 0.15) is 25.8 Å². The summed E-state index contributed by atoms with van der Waals surface area (Å²) in [7, 11) is 0. The number of nitrogens with zero attached hydrogens (tertiary/aromatic N) is 1. The van der Waals surface area contributed by atoms with E-state index in [1.165, 1.54) is 18.6 Å². The third-order valence-corrected chi connectivity index (χ3v) is 4.87. The molecule has 30 heavy (non-hydrogen) atoms. The first-order valence-electron chi connectivity index (χ1n) is 9.70. The number of aliphatic hydroxyl groups excluding tert-OH is 2. The van der Waals surface area contributed by atoms with Crippen LogP contribution in [0.15, 0.2) is 18.2 Å². The number of aliphatic hydroxyl groups is 2. The summed E-state index contributed by atoms with van der Waals surface area (Å²) in [5.74, 6) is -2.48. The maximum atomic E-state index is 13.1. The number of carboxylic acids is 2. The number of carbonyl (C=O) groups is 2. The van der Waals surface area contributed by atoms with Gasteiger partial charge in [0.2, 0.25) is 0 Å². The summed E-state index contributed by atoms with van der Waals surface area (Å²) in [6.45, 7) is 9.61. The zero-order valence-electron chi connectivity index (χ0n) is 17.1. The first kappa shape index (κ1) is 26.3. The van der Waals surface area contributed by atoms with Crippen molar-refractivity contribution in [1.29, 1.82) is 0 Å². The average Bonchev–Trinajstić information content (AvgIpc) is 3.15. The van der Waals surface area contributed by atoms with Gasteiger partial charge in [-0.2, -0.15) is 0 Å². The third kappa shape index (κ3) is 9.36. The molecule has 0 radical (unpaired) electrons. The van der Waals surface area contributed by atoms with E-state index in [0.29, 0.717) is 16.9 Å². The van der Waals surface area contributed by atoms with Gasteiger partial charge in [0.15, 0.2) is 12.2 Å². The minimum Gasteiger partial charge on any atom is -0.479 e. The molecule has 0 amide bonds. The quantitative estimate of drug-likeness (QED) is 0.383. The van der Waals surface area contributed by atoms with Gasteiger partial charge < -0.3 is 25.7 Å². The Labute approximate surface area is 180 Å². The second-order valence-electron chi connectivity index (χ2n) is 7.75. The van der Waals surface area contributed by atoms with Crippen LogP contribution < -0.4 is 5.32 Å². The molecule has 1 aliphatic heterocycles. The van der Waals surface area contributed by atoms with Crippen LogP contribution >= 0.6 is 11.6 Å². The highest BCUT2D eigenvalue weighted by Gasteiger charge is 2.29. The van der Waals surface area contributed by atoms with Crippen LogP contribution in [0.25, 0.3) is 0 Å². The zero-order chi connectivity index (χ0) is 22.8. The van der Waals surface area contributed by atoms with Gasteiger partial charge >= 0.3 is 11.9 Å². The molecule has 0 saturated carbocycles. The standard InChI is InChI=1S/C16H24ClFN2.C4H6O6/c1-12(2)9-20(10-13-5-6-19-8-13)11-14-3-4-15(18)7-16(14)17;5-1(3(7)8)2(6)4(9)10/h3-4,7,12-13,19H,5-6,8-11H2,1-2H3;1-2,5-6H,(H,7,8)(H,9,10)/t13-;/m0./s1. The second kappa shape index (κ2) is 12.8. The SMILES string of the molecule is CC(C)CN(Cc1ccc(F)cc1Cl)C[C@H]1CCNC1.O=C(O)C(O)C(O)C(=O)O. The van der Waals surface area contributed by atoms with Crippen molar-refractivity contribution in [2.75, 3.05) is 26.2 Å². The van der Waals surface area contributed by atoms with E-state index in [9.17, 15) is 14.0 Å². The van der Waals surface area contributed by atoms with E-state index in [1.54, 1.807) is 6.07 Å². The van der Waals surface area contributed by atoms with Gasteiger partial charge in [0.25, 0.3) is 0 Å². The van der Waals surface area contributed by atoms with Crippen LogP contribution in [0.4, 0.5) is 4.39 Å². The predicted octanol–water partition coefficient (Wildman–Crippen LogP) is 1.42. The molecule has 2 rings (SSSR count). The summed E-state index contributed by atoms with van der Waals surface area (Å²) in [5.41, 5.74) is 1.01. The molecule has 1 aliphatic rings. The molecule has 1 fully saturated rings. The molecule has 0 bridgehead atoms. The molecule has 170 valence electrons.